The summed E-state index contributed by atoms with van der Waals surface area (Å²) in [7, 11) is 2.04. The van der Waals surface area contributed by atoms with Crippen LogP contribution in [-0.4, -0.2) is 28.9 Å². The second-order valence-electron chi connectivity index (χ2n) is 18.9. The monoisotopic (exact) mass is 675 g/mol. The van der Waals surface area contributed by atoms with Gasteiger partial charge in [-0.3, -0.25) is 4.79 Å². The van der Waals surface area contributed by atoms with Gasteiger partial charge in [-0.1, -0.05) is 89.2 Å². The highest BCUT2D eigenvalue weighted by Gasteiger charge is 2.71. The van der Waals surface area contributed by atoms with Gasteiger partial charge in [-0.15, -0.1) is 0 Å². The van der Waals surface area contributed by atoms with Gasteiger partial charge in [0.15, 0.2) is 0 Å². The number of nitrogens with zero attached hydrogens (tertiary/aromatic N) is 1. The van der Waals surface area contributed by atoms with Crippen LogP contribution in [0.4, 0.5) is 0 Å². The Morgan fingerprint density at radius 3 is 2.26 bits per heavy atom. The molecular weight excluding hydrogens is 615 g/mol. The molecule has 1 amide bonds. The number of aryl methyl sites for hydroxylation is 1. The van der Waals surface area contributed by atoms with Crippen LogP contribution < -0.4 is 0 Å². The topological polar surface area (TPSA) is 57.6 Å². The van der Waals surface area contributed by atoms with Gasteiger partial charge in [0.25, 0.3) is 0 Å². The number of carboxylic acid groups (broad SMARTS) is 1. The zero-order valence-corrected chi connectivity index (χ0v) is 32.1. The Hall–Kier alpha value is -3.14. The minimum Gasteiger partial charge on any atom is -0.478 e. The van der Waals surface area contributed by atoms with Crippen LogP contribution in [0, 0.1) is 63.6 Å². The molecule has 9 atom stereocenters. The standard InChI is InChI=1S/C46H61NO3/c1-29(2)33-19-24-46(41(50)47(9)28-31-13-11-10-12-14-31)26-25-44(7)36(39(33)46)17-18-38-43(6)22-20-35(34-16-15-32(40(48)49)27-30(34)3)42(4,5)37(43)21-23-45(38,44)8/h10-16,20,27,33,36-39H,1,17-19,21-26,28H2,2-9H3,(H,48,49)/t33-,36+,37?,38+,39+,43-,44+,45+,46-/m0/s1. The molecule has 0 spiro atoms. The zero-order valence-electron chi connectivity index (χ0n) is 32.1. The third-order valence-corrected chi connectivity index (χ3v) is 16.4. The predicted octanol–water partition coefficient (Wildman–Crippen LogP) is 11.0. The molecular formula is C46H61NO3. The van der Waals surface area contributed by atoms with E-state index in [0.29, 0.717) is 47.6 Å². The highest BCUT2D eigenvalue weighted by atomic mass is 16.4. The minimum atomic E-state index is -0.865. The number of aromatic carboxylic acids is 1. The van der Waals surface area contributed by atoms with Gasteiger partial charge in [0.1, 0.15) is 0 Å². The molecule has 0 heterocycles. The van der Waals surface area contributed by atoms with E-state index in [1.807, 2.05) is 19.2 Å². The number of fused-ring (bicyclic) bond motifs is 7. The SMILES string of the molecule is C=C(C)[C@@H]1CC[C@]2(C(=O)N(C)Cc3ccccc3)CC[C@]3(C)[C@H](CC[C@@H]4[C@@]5(C)CC=C(c6ccc(C(=O)O)cc6C)C(C)(C)C5CC[C@]43C)[C@@H]12. The van der Waals surface area contributed by atoms with Crippen LogP contribution in [0.1, 0.15) is 126 Å². The van der Waals surface area contributed by atoms with Gasteiger partial charge in [0.2, 0.25) is 5.91 Å². The van der Waals surface area contributed by atoms with Crippen LogP contribution in [0.3, 0.4) is 0 Å². The summed E-state index contributed by atoms with van der Waals surface area (Å²) in [6.07, 6.45) is 12.7. The molecule has 0 aliphatic heterocycles. The third-order valence-electron chi connectivity index (χ3n) is 16.4. The van der Waals surface area contributed by atoms with Gasteiger partial charge >= 0.3 is 5.97 Å². The highest BCUT2D eigenvalue weighted by molar-refractivity contribution is 5.89. The van der Waals surface area contributed by atoms with Crippen LogP contribution in [0.2, 0.25) is 0 Å². The molecule has 50 heavy (non-hydrogen) atoms. The Labute approximate surface area is 301 Å². The molecule has 268 valence electrons. The van der Waals surface area contributed by atoms with Crippen molar-refractivity contribution in [2.45, 2.75) is 113 Å². The van der Waals surface area contributed by atoms with Crippen LogP contribution in [0.15, 0.2) is 66.8 Å². The highest BCUT2D eigenvalue weighted by Crippen LogP contribution is 2.78. The molecule has 5 aliphatic rings. The molecule has 1 unspecified atom stereocenters. The predicted molar refractivity (Wildman–Crippen MR) is 203 cm³/mol. The number of hydrogen-bond donors (Lipinski definition) is 1. The molecule has 2 aromatic rings. The molecule has 0 radical (unpaired) electrons. The molecule has 7 rings (SSSR count). The Morgan fingerprint density at radius 2 is 1.60 bits per heavy atom. The maximum Gasteiger partial charge on any atom is 0.335 e. The molecule has 4 fully saturated rings. The fourth-order valence-electron chi connectivity index (χ4n) is 14.0. The number of rotatable bonds is 6. The smallest absolute Gasteiger partial charge is 0.335 e. The van der Waals surface area contributed by atoms with Crippen LogP contribution >= 0.6 is 0 Å². The fourth-order valence-corrected chi connectivity index (χ4v) is 14.0. The summed E-state index contributed by atoms with van der Waals surface area (Å²) in [5.74, 6) is 1.98. The number of hydrogen-bond acceptors (Lipinski definition) is 2. The summed E-state index contributed by atoms with van der Waals surface area (Å²) in [5, 5.41) is 9.61. The third kappa shape index (κ3) is 4.89. The lowest BCUT2D eigenvalue weighted by Gasteiger charge is -2.72. The van der Waals surface area contributed by atoms with E-state index in [1.165, 1.54) is 48.0 Å². The number of benzene rings is 2. The van der Waals surface area contributed by atoms with E-state index in [-0.39, 0.29) is 27.1 Å². The van der Waals surface area contributed by atoms with Crippen molar-refractivity contribution < 1.29 is 14.7 Å². The minimum absolute atomic E-state index is 0.0183. The van der Waals surface area contributed by atoms with E-state index in [1.54, 1.807) is 6.07 Å². The Kier molecular flexibility index (Phi) is 8.43. The number of carbonyl (C=O) groups excluding carboxylic acids is 1. The molecule has 2 aromatic carbocycles. The molecule has 0 bridgehead atoms. The lowest BCUT2D eigenvalue weighted by atomic mass is 9.32. The summed E-state index contributed by atoms with van der Waals surface area (Å²) in [5.41, 5.74) is 6.76. The quantitative estimate of drug-likeness (QED) is 0.310. The van der Waals surface area contributed by atoms with E-state index in [4.69, 9.17) is 0 Å². The van der Waals surface area contributed by atoms with Crippen molar-refractivity contribution in [3.8, 4) is 0 Å². The van der Waals surface area contributed by atoms with Gasteiger partial charge in [-0.2, -0.15) is 0 Å². The number of allylic oxidation sites excluding steroid dienone is 3. The van der Waals surface area contributed by atoms with Crippen LogP contribution in [-0.2, 0) is 11.3 Å². The van der Waals surface area contributed by atoms with Gasteiger partial charge < -0.3 is 10.0 Å². The van der Waals surface area contributed by atoms with Gasteiger partial charge in [-0.25, -0.2) is 4.79 Å². The summed E-state index contributed by atoms with van der Waals surface area (Å²) in [4.78, 5) is 28.6. The molecule has 4 saturated carbocycles. The zero-order chi connectivity index (χ0) is 36.0. The molecule has 1 N–H and O–H groups in total. The maximum atomic E-state index is 14.8. The normalized spacial score (nSPS) is 38.5. The second kappa shape index (κ2) is 12.0. The van der Waals surface area contributed by atoms with Crippen LogP contribution in [0.5, 0.6) is 0 Å². The van der Waals surface area contributed by atoms with E-state index < -0.39 is 5.97 Å². The van der Waals surface area contributed by atoms with E-state index in [2.05, 4.69) is 96.4 Å². The summed E-state index contributed by atoms with van der Waals surface area (Å²) >= 11 is 0. The first-order chi connectivity index (χ1) is 23.5. The lowest BCUT2D eigenvalue weighted by Crippen LogP contribution is -2.66. The first-order valence-electron chi connectivity index (χ1n) is 19.5. The number of carbonyl (C=O) groups is 2. The Morgan fingerprint density at radius 1 is 0.880 bits per heavy atom. The fraction of sp³-hybridized carbons (Fsp3) is 0.609. The van der Waals surface area contributed by atoms with Gasteiger partial charge in [-0.05, 0) is 157 Å². The van der Waals surface area contributed by atoms with Crippen molar-refractivity contribution in [1.82, 2.24) is 4.90 Å². The van der Waals surface area contributed by atoms with Crippen LogP contribution in [0.25, 0.3) is 5.57 Å². The van der Waals surface area contributed by atoms with E-state index >= 15 is 0 Å². The Balaban J connectivity index is 1.22. The average Bonchev–Trinajstić information content (AvgIpc) is 3.46. The second-order valence-corrected chi connectivity index (χ2v) is 18.9. The summed E-state index contributed by atoms with van der Waals surface area (Å²) in [6, 6.07) is 16.2. The molecule has 4 heteroatoms. The van der Waals surface area contributed by atoms with E-state index in [9.17, 15) is 14.7 Å². The molecule has 0 saturated heterocycles. The van der Waals surface area contributed by atoms with Crippen molar-refractivity contribution in [3.63, 3.8) is 0 Å². The number of carboxylic acids is 1. The molecule has 4 nitrogen and oxygen atoms in total. The van der Waals surface area contributed by atoms with Gasteiger partial charge in [0.05, 0.1) is 11.0 Å². The van der Waals surface area contributed by atoms with Crippen molar-refractivity contribution >= 4 is 17.4 Å². The van der Waals surface area contributed by atoms with Crippen molar-refractivity contribution in [2.24, 2.45) is 56.7 Å². The van der Waals surface area contributed by atoms with Gasteiger partial charge in [0, 0.05) is 13.6 Å². The molecule has 0 aromatic heterocycles. The Bertz CT molecular complexity index is 1740. The largest absolute Gasteiger partial charge is 0.478 e. The van der Waals surface area contributed by atoms with Crippen molar-refractivity contribution in [3.05, 3.63) is 89.0 Å². The number of amides is 1. The lowest BCUT2D eigenvalue weighted by molar-refractivity contribution is -0.226. The summed E-state index contributed by atoms with van der Waals surface area (Å²) < 4.78 is 0. The maximum absolute atomic E-state index is 14.8. The first-order valence-corrected chi connectivity index (χ1v) is 19.5. The van der Waals surface area contributed by atoms with Crippen molar-refractivity contribution in [1.29, 1.82) is 0 Å². The van der Waals surface area contributed by atoms with E-state index in [0.717, 1.165) is 37.7 Å². The summed E-state index contributed by atoms with van der Waals surface area (Å²) in [6.45, 7) is 22.4. The average molecular weight is 676 g/mol. The first kappa shape index (κ1) is 35.3. The molecule has 5 aliphatic carbocycles. The van der Waals surface area contributed by atoms with Crippen molar-refractivity contribution in [2.75, 3.05) is 7.05 Å².